The Kier molecular flexibility index (Phi) is 6.49. The Balaban J connectivity index is 3.39. The molecule has 0 bridgehead atoms. The van der Waals surface area contributed by atoms with E-state index in [9.17, 15) is 14.4 Å². The van der Waals surface area contributed by atoms with Crippen LogP contribution in [0.25, 0.3) is 0 Å². The van der Waals surface area contributed by atoms with Crippen LogP contribution in [0.2, 0.25) is 0 Å². The first-order valence-electron chi connectivity index (χ1n) is 7.71. The molecule has 126 valence electrons. The zero-order valence-corrected chi connectivity index (χ0v) is 14.3. The van der Waals surface area contributed by atoms with Crippen LogP contribution in [0, 0.1) is 5.41 Å². The van der Waals surface area contributed by atoms with Crippen molar-refractivity contribution in [1.82, 2.24) is 0 Å². The molecule has 5 nitrogen and oxygen atoms in total. The number of Topliss-reactive ketones (excluding diaryl/α,β-unsaturated/α-hetero) is 1. The van der Waals surface area contributed by atoms with Crippen LogP contribution in [0.1, 0.15) is 56.5 Å². The molecule has 0 atom stereocenters. The predicted octanol–water partition coefficient (Wildman–Crippen LogP) is 3.13. The van der Waals surface area contributed by atoms with Crippen LogP contribution in [-0.4, -0.2) is 30.9 Å². The average molecular weight is 320 g/mol. The van der Waals surface area contributed by atoms with E-state index in [1.54, 1.807) is 58.9 Å². The van der Waals surface area contributed by atoms with E-state index in [0.717, 1.165) is 0 Å². The van der Waals surface area contributed by atoms with Gasteiger partial charge in [-0.15, -0.1) is 0 Å². The van der Waals surface area contributed by atoms with Crippen molar-refractivity contribution in [2.75, 3.05) is 13.2 Å². The summed E-state index contributed by atoms with van der Waals surface area (Å²) in [6.07, 6.45) is 0. The molecule has 0 aliphatic rings. The molecule has 0 fully saturated rings. The molecular weight excluding hydrogens is 296 g/mol. The van der Waals surface area contributed by atoms with Gasteiger partial charge in [0.05, 0.1) is 13.2 Å². The molecule has 0 radical (unpaired) electrons. The van der Waals surface area contributed by atoms with E-state index in [-0.39, 0.29) is 19.0 Å². The standard InChI is InChI=1S/C18H24O5/c1-6-22-16(20)14(17(21)23-7-2)12-10-8-9-11-13(12)15(19)18(3,4)5/h8-11,14H,6-7H2,1-5H3. The van der Waals surface area contributed by atoms with E-state index >= 15 is 0 Å². The molecule has 5 heteroatoms. The van der Waals surface area contributed by atoms with Gasteiger partial charge in [0.1, 0.15) is 0 Å². The number of rotatable bonds is 6. The summed E-state index contributed by atoms with van der Waals surface area (Å²) in [6.45, 7) is 8.97. The van der Waals surface area contributed by atoms with Gasteiger partial charge < -0.3 is 9.47 Å². The molecule has 0 N–H and O–H groups in total. The topological polar surface area (TPSA) is 69.7 Å². The van der Waals surface area contributed by atoms with Gasteiger partial charge in [-0.1, -0.05) is 45.0 Å². The number of ketones is 1. The van der Waals surface area contributed by atoms with Crippen molar-refractivity contribution in [2.24, 2.45) is 5.41 Å². The van der Waals surface area contributed by atoms with E-state index in [2.05, 4.69) is 0 Å². The summed E-state index contributed by atoms with van der Waals surface area (Å²) in [5, 5.41) is 0. The number of carbonyl (C=O) groups is 3. The van der Waals surface area contributed by atoms with Gasteiger partial charge in [-0.2, -0.15) is 0 Å². The molecule has 23 heavy (non-hydrogen) atoms. The molecule has 0 amide bonds. The number of ether oxygens (including phenoxy) is 2. The highest BCUT2D eigenvalue weighted by Gasteiger charge is 2.36. The maximum atomic E-state index is 12.6. The van der Waals surface area contributed by atoms with Crippen molar-refractivity contribution in [3.63, 3.8) is 0 Å². The van der Waals surface area contributed by atoms with Gasteiger partial charge in [-0.05, 0) is 19.4 Å². The van der Waals surface area contributed by atoms with Crippen LogP contribution in [0.15, 0.2) is 24.3 Å². The second kappa shape index (κ2) is 7.90. The first kappa shape index (κ1) is 18.9. The van der Waals surface area contributed by atoms with Gasteiger partial charge in [0, 0.05) is 11.0 Å². The minimum absolute atomic E-state index is 0.143. The molecule has 0 aliphatic heterocycles. The Morgan fingerprint density at radius 2 is 1.43 bits per heavy atom. The lowest BCUT2D eigenvalue weighted by molar-refractivity contribution is -0.156. The molecule has 0 saturated heterocycles. The lowest BCUT2D eigenvalue weighted by Crippen LogP contribution is -2.29. The Hall–Kier alpha value is -2.17. The highest BCUT2D eigenvalue weighted by atomic mass is 16.6. The average Bonchev–Trinajstić information content (AvgIpc) is 2.47. The van der Waals surface area contributed by atoms with Crippen molar-refractivity contribution in [3.8, 4) is 0 Å². The fourth-order valence-electron chi connectivity index (χ4n) is 2.16. The Labute approximate surface area is 137 Å². The highest BCUT2D eigenvalue weighted by Crippen LogP contribution is 2.29. The van der Waals surface area contributed by atoms with E-state index in [1.165, 1.54) is 0 Å². The van der Waals surface area contributed by atoms with Crippen molar-refractivity contribution in [1.29, 1.82) is 0 Å². The van der Waals surface area contributed by atoms with Crippen molar-refractivity contribution < 1.29 is 23.9 Å². The quantitative estimate of drug-likeness (QED) is 0.457. The molecular formula is C18H24O5. The number of esters is 2. The monoisotopic (exact) mass is 320 g/mol. The Bertz CT molecular complexity index is 565. The molecule has 1 rings (SSSR count). The molecule has 0 heterocycles. The summed E-state index contributed by atoms with van der Waals surface area (Å²) in [7, 11) is 0. The molecule has 1 aromatic carbocycles. The van der Waals surface area contributed by atoms with E-state index in [1.807, 2.05) is 0 Å². The maximum Gasteiger partial charge on any atom is 0.324 e. The van der Waals surface area contributed by atoms with Gasteiger partial charge >= 0.3 is 11.9 Å². The Morgan fingerprint density at radius 1 is 0.957 bits per heavy atom. The van der Waals surface area contributed by atoms with Crippen molar-refractivity contribution in [2.45, 2.75) is 40.5 Å². The second-order valence-electron chi connectivity index (χ2n) is 6.10. The summed E-state index contributed by atoms with van der Waals surface area (Å²) < 4.78 is 9.99. The summed E-state index contributed by atoms with van der Waals surface area (Å²) in [6, 6.07) is 6.60. The first-order chi connectivity index (χ1) is 10.7. The summed E-state index contributed by atoms with van der Waals surface area (Å²) in [4.78, 5) is 37.1. The fourth-order valence-corrected chi connectivity index (χ4v) is 2.16. The van der Waals surface area contributed by atoms with Gasteiger partial charge in [0.2, 0.25) is 0 Å². The number of hydrogen-bond acceptors (Lipinski definition) is 5. The van der Waals surface area contributed by atoms with Crippen LogP contribution in [0.4, 0.5) is 0 Å². The zero-order valence-electron chi connectivity index (χ0n) is 14.3. The highest BCUT2D eigenvalue weighted by molar-refractivity contribution is 6.07. The largest absolute Gasteiger partial charge is 0.465 e. The molecule has 0 spiro atoms. The number of carbonyl (C=O) groups excluding carboxylic acids is 3. The lowest BCUT2D eigenvalue weighted by Gasteiger charge is -2.22. The summed E-state index contributed by atoms with van der Waals surface area (Å²) >= 11 is 0. The molecule has 0 unspecified atom stereocenters. The van der Waals surface area contributed by atoms with Crippen LogP contribution in [-0.2, 0) is 19.1 Å². The van der Waals surface area contributed by atoms with Crippen molar-refractivity contribution in [3.05, 3.63) is 35.4 Å². The summed E-state index contributed by atoms with van der Waals surface area (Å²) in [5.41, 5.74) is 0.0275. The third kappa shape index (κ3) is 4.65. The minimum atomic E-state index is -1.25. The van der Waals surface area contributed by atoms with Crippen LogP contribution in [0.5, 0.6) is 0 Å². The third-order valence-corrected chi connectivity index (χ3v) is 3.24. The van der Waals surface area contributed by atoms with Gasteiger partial charge in [0.25, 0.3) is 0 Å². The lowest BCUT2D eigenvalue weighted by atomic mass is 9.82. The van der Waals surface area contributed by atoms with Gasteiger partial charge in [0.15, 0.2) is 11.7 Å². The van der Waals surface area contributed by atoms with Gasteiger partial charge in [-0.25, -0.2) is 0 Å². The second-order valence-corrected chi connectivity index (χ2v) is 6.10. The maximum absolute atomic E-state index is 12.6. The molecule has 0 saturated carbocycles. The SMILES string of the molecule is CCOC(=O)C(C(=O)OCC)c1ccccc1C(=O)C(C)(C)C. The fraction of sp³-hybridized carbons (Fsp3) is 0.500. The third-order valence-electron chi connectivity index (χ3n) is 3.24. The summed E-state index contributed by atoms with van der Waals surface area (Å²) in [5.74, 6) is -2.82. The van der Waals surface area contributed by atoms with Crippen LogP contribution < -0.4 is 0 Å². The smallest absolute Gasteiger partial charge is 0.324 e. The van der Waals surface area contributed by atoms with E-state index in [0.29, 0.717) is 11.1 Å². The minimum Gasteiger partial charge on any atom is -0.465 e. The first-order valence-corrected chi connectivity index (χ1v) is 7.71. The molecule has 0 aliphatic carbocycles. The van der Waals surface area contributed by atoms with Crippen LogP contribution in [0.3, 0.4) is 0 Å². The van der Waals surface area contributed by atoms with Crippen molar-refractivity contribution >= 4 is 17.7 Å². The molecule has 0 aromatic heterocycles. The molecule has 1 aromatic rings. The van der Waals surface area contributed by atoms with E-state index in [4.69, 9.17) is 9.47 Å². The number of benzene rings is 1. The van der Waals surface area contributed by atoms with Gasteiger partial charge in [-0.3, -0.25) is 14.4 Å². The normalized spacial score (nSPS) is 11.2. The predicted molar refractivity (Wildman–Crippen MR) is 86.2 cm³/mol. The van der Waals surface area contributed by atoms with E-state index < -0.39 is 23.3 Å². The Morgan fingerprint density at radius 3 is 1.87 bits per heavy atom. The zero-order chi connectivity index (χ0) is 17.6. The van der Waals surface area contributed by atoms with Crippen LogP contribution >= 0.6 is 0 Å². The number of hydrogen-bond donors (Lipinski definition) is 0.